The average Bonchev–Trinajstić information content (AvgIpc) is 2.67. The van der Waals surface area contributed by atoms with E-state index in [1.165, 1.54) is 18.2 Å². The van der Waals surface area contributed by atoms with Gasteiger partial charge in [0.15, 0.2) is 5.75 Å². The van der Waals surface area contributed by atoms with E-state index in [2.05, 4.69) is 16.8 Å². The van der Waals surface area contributed by atoms with Crippen molar-refractivity contribution in [2.45, 2.75) is 16.2 Å². The molecule has 0 unspecified atom stereocenters. The molecular weight excluding hydrogens is 448 g/mol. The highest BCUT2D eigenvalue weighted by atomic mass is 32.2. The van der Waals surface area contributed by atoms with Gasteiger partial charge in [-0.05, 0) is 47.7 Å². The number of allylic oxidation sites excluding steroid dienone is 1. The largest absolute Gasteiger partial charge is 0.506 e. The molecule has 0 aliphatic rings. The van der Waals surface area contributed by atoms with Gasteiger partial charge in [-0.1, -0.05) is 18.2 Å². The summed E-state index contributed by atoms with van der Waals surface area (Å²) in [5, 5.41) is 28.1. The van der Waals surface area contributed by atoms with Crippen LogP contribution in [0.5, 0.6) is 11.5 Å². The van der Waals surface area contributed by atoms with Gasteiger partial charge in [-0.25, -0.2) is 0 Å². The number of hydrogen-bond acceptors (Lipinski definition) is 8. The van der Waals surface area contributed by atoms with Crippen LogP contribution in [0.2, 0.25) is 0 Å². The van der Waals surface area contributed by atoms with Crippen molar-refractivity contribution in [2.24, 2.45) is 10.2 Å². The Bertz CT molecular complexity index is 1450. The molecule has 0 saturated carbocycles. The summed E-state index contributed by atoms with van der Waals surface area (Å²) >= 11 is 0. The van der Waals surface area contributed by atoms with Crippen molar-refractivity contribution in [3.8, 4) is 11.5 Å². The van der Waals surface area contributed by atoms with Gasteiger partial charge in [-0.15, -0.1) is 16.8 Å². The molecule has 3 aromatic rings. The third-order valence-corrected chi connectivity index (χ3v) is 5.99. The number of hydrogen-bond donors (Lipinski definition) is 4. The molecule has 0 atom stereocenters. The molecule has 4 N–H and O–H groups in total. The zero-order chi connectivity index (χ0) is 23.0. The summed E-state index contributed by atoms with van der Waals surface area (Å²) in [6, 6.07) is 8.48. The van der Waals surface area contributed by atoms with Crippen LogP contribution in [0.4, 0.5) is 11.4 Å². The van der Waals surface area contributed by atoms with E-state index >= 15 is 0 Å². The summed E-state index contributed by atoms with van der Waals surface area (Å²) in [7, 11) is -9.53. The number of phenols is 2. The molecule has 0 aliphatic carbocycles. The molecule has 0 bridgehead atoms. The van der Waals surface area contributed by atoms with Crippen LogP contribution in [0.3, 0.4) is 0 Å². The van der Waals surface area contributed by atoms with E-state index in [0.29, 0.717) is 6.42 Å². The highest BCUT2D eigenvalue weighted by Crippen LogP contribution is 2.42. The SMILES string of the molecule is C=CCc1ccc(O)c(N=Nc2c(O)c(S(=O)(=O)O)cc3cc(S(=O)(=O)O)ccc23)c1. The smallest absolute Gasteiger partial charge is 0.298 e. The van der Waals surface area contributed by atoms with Crippen LogP contribution in [0.15, 0.2) is 75.1 Å². The Labute approximate surface area is 177 Å². The summed E-state index contributed by atoms with van der Waals surface area (Å²) in [5.41, 5.74) is 0.361. The Hall–Kier alpha value is -3.32. The standard InChI is InChI=1S/C19H16N2O8S2/c1-2-3-11-4-7-16(22)15(8-11)20-21-18-14-6-5-13(30(24,25)26)9-12(14)10-17(19(18)23)31(27,28)29/h2,4-10,22-23H,1,3H2,(H,24,25,26)(H,27,28,29). The molecule has 0 aliphatic heterocycles. The number of phenolic OH excluding ortho intramolecular Hbond substituents is 2. The van der Waals surface area contributed by atoms with Crippen LogP contribution in [0.25, 0.3) is 10.8 Å². The third-order valence-electron chi connectivity index (χ3n) is 4.28. The number of nitrogens with zero attached hydrogens (tertiary/aromatic N) is 2. The van der Waals surface area contributed by atoms with E-state index in [-0.39, 0.29) is 22.2 Å². The van der Waals surface area contributed by atoms with E-state index in [0.717, 1.165) is 23.8 Å². The quantitative estimate of drug-likeness (QED) is 0.241. The maximum Gasteiger partial charge on any atom is 0.298 e. The molecule has 3 rings (SSSR count). The van der Waals surface area contributed by atoms with Crippen LogP contribution >= 0.6 is 0 Å². The first-order chi connectivity index (χ1) is 14.4. The summed E-state index contributed by atoms with van der Waals surface area (Å²) in [6.07, 6.45) is 2.11. The number of rotatable bonds is 6. The van der Waals surface area contributed by atoms with Crippen LogP contribution < -0.4 is 0 Å². The fourth-order valence-electron chi connectivity index (χ4n) is 2.83. The lowest BCUT2D eigenvalue weighted by Crippen LogP contribution is -2.00. The molecule has 10 nitrogen and oxygen atoms in total. The highest BCUT2D eigenvalue weighted by molar-refractivity contribution is 7.86. The number of azo groups is 1. The summed E-state index contributed by atoms with van der Waals surface area (Å²) in [4.78, 5) is -1.48. The molecule has 12 heteroatoms. The van der Waals surface area contributed by atoms with Crippen molar-refractivity contribution in [3.05, 3.63) is 60.7 Å². The van der Waals surface area contributed by atoms with Crippen molar-refractivity contribution in [1.82, 2.24) is 0 Å². The van der Waals surface area contributed by atoms with Crippen LogP contribution in [-0.4, -0.2) is 36.2 Å². The predicted octanol–water partition coefficient (Wildman–Crippen LogP) is 3.89. The van der Waals surface area contributed by atoms with E-state index in [4.69, 9.17) is 0 Å². The van der Waals surface area contributed by atoms with Gasteiger partial charge in [-0.3, -0.25) is 9.11 Å². The van der Waals surface area contributed by atoms with Crippen LogP contribution in [0.1, 0.15) is 5.56 Å². The van der Waals surface area contributed by atoms with Gasteiger partial charge < -0.3 is 10.2 Å². The maximum absolute atomic E-state index is 11.7. The zero-order valence-electron chi connectivity index (χ0n) is 15.7. The minimum absolute atomic E-state index is 0.0127. The lowest BCUT2D eigenvalue weighted by Gasteiger charge is -2.10. The predicted molar refractivity (Wildman–Crippen MR) is 111 cm³/mol. The monoisotopic (exact) mass is 464 g/mol. The second-order valence-electron chi connectivity index (χ2n) is 6.42. The Kier molecular flexibility index (Phi) is 5.83. The Balaban J connectivity index is 2.28. The normalized spacial score (nSPS) is 12.5. The summed E-state index contributed by atoms with van der Waals surface area (Å²) in [6.45, 7) is 3.61. The topological polar surface area (TPSA) is 174 Å². The molecule has 0 saturated heterocycles. The van der Waals surface area contributed by atoms with Crippen LogP contribution in [0, 0.1) is 0 Å². The van der Waals surface area contributed by atoms with Gasteiger partial charge >= 0.3 is 0 Å². The van der Waals surface area contributed by atoms with Gasteiger partial charge in [-0.2, -0.15) is 16.8 Å². The molecule has 162 valence electrons. The molecule has 0 spiro atoms. The first-order valence-corrected chi connectivity index (χ1v) is 11.4. The fraction of sp³-hybridized carbons (Fsp3) is 0.0526. The first kappa shape index (κ1) is 22.4. The molecule has 3 aromatic carbocycles. The van der Waals surface area contributed by atoms with E-state index in [1.807, 2.05) is 0 Å². The van der Waals surface area contributed by atoms with Crippen molar-refractivity contribution < 1.29 is 36.2 Å². The molecular formula is C19H16N2O8S2. The maximum atomic E-state index is 11.7. The van der Waals surface area contributed by atoms with E-state index in [1.54, 1.807) is 12.1 Å². The van der Waals surface area contributed by atoms with Crippen LogP contribution in [-0.2, 0) is 26.7 Å². The van der Waals surface area contributed by atoms with Crippen molar-refractivity contribution >= 4 is 42.4 Å². The first-order valence-electron chi connectivity index (χ1n) is 8.51. The fourth-order valence-corrected chi connectivity index (χ4v) is 3.97. The molecule has 31 heavy (non-hydrogen) atoms. The number of fused-ring (bicyclic) bond motifs is 1. The van der Waals surface area contributed by atoms with Crippen molar-refractivity contribution in [2.75, 3.05) is 0 Å². The Morgan fingerprint density at radius 3 is 2.23 bits per heavy atom. The minimum Gasteiger partial charge on any atom is -0.506 e. The second kappa shape index (κ2) is 8.07. The number of aromatic hydroxyl groups is 2. The molecule has 0 amide bonds. The number of benzene rings is 3. The van der Waals surface area contributed by atoms with Gasteiger partial charge in [0, 0.05) is 5.39 Å². The Morgan fingerprint density at radius 2 is 1.61 bits per heavy atom. The van der Waals surface area contributed by atoms with E-state index in [9.17, 15) is 36.2 Å². The van der Waals surface area contributed by atoms with Crippen molar-refractivity contribution in [1.29, 1.82) is 0 Å². The van der Waals surface area contributed by atoms with Gasteiger partial charge in [0.05, 0.1) is 4.90 Å². The summed E-state index contributed by atoms with van der Waals surface area (Å²) < 4.78 is 64.8. The molecule has 0 radical (unpaired) electrons. The minimum atomic E-state index is -4.93. The molecule has 0 aromatic heterocycles. The summed E-state index contributed by atoms with van der Waals surface area (Å²) in [5.74, 6) is -1.17. The van der Waals surface area contributed by atoms with Gasteiger partial charge in [0.1, 0.15) is 22.0 Å². The van der Waals surface area contributed by atoms with Gasteiger partial charge in [0.2, 0.25) is 0 Å². The zero-order valence-corrected chi connectivity index (χ0v) is 17.3. The lowest BCUT2D eigenvalue weighted by atomic mass is 10.1. The lowest BCUT2D eigenvalue weighted by molar-refractivity contribution is 0.445. The van der Waals surface area contributed by atoms with Crippen molar-refractivity contribution in [3.63, 3.8) is 0 Å². The molecule has 0 heterocycles. The van der Waals surface area contributed by atoms with Gasteiger partial charge in [0.25, 0.3) is 20.2 Å². The third kappa shape index (κ3) is 4.72. The highest BCUT2D eigenvalue weighted by Gasteiger charge is 2.23. The van der Waals surface area contributed by atoms with E-state index < -0.39 is 41.5 Å². The molecule has 0 fully saturated rings. The Morgan fingerprint density at radius 1 is 0.903 bits per heavy atom. The second-order valence-corrected chi connectivity index (χ2v) is 9.23. The average molecular weight is 464 g/mol.